The number of piperidine rings is 1. The monoisotopic (exact) mass is 271 g/mol. The Morgan fingerprint density at radius 3 is 3.10 bits per heavy atom. The third kappa shape index (κ3) is 1.89. The molecule has 1 saturated heterocycles. The Hall–Kier alpha value is -1.88. The first-order valence-corrected chi connectivity index (χ1v) is 7.10. The van der Waals surface area contributed by atoms with Gasteiger partial charge in [-0.15, -0.1) is 0 Å². The number of nitrogens with zero attached hydrogens (tertiary/aromatic N) is 1. The van der Waals surface area contributed by atoms with Crippen LogP contribution in [0.1, 0.15) is 29.1 Å². The molecule has 5 heteroatoms. The molecule has 4 rings (SSSR count). The van der Waals surface area contributed by atoms with E-state index in [0.717, 1.165) is 24.1 Å². The quantitative estimate of drug-likeness (QED) is 0.871. The van der Waals surface area contributed by atoms with Crippen LogP contribution in [0.25, 0.3) is 11.1 Å². The minimum atomic E-state index is -0.00916. The number of nitrogens with one attached hydrogen (secondary N) is 2. The lowest BCUT2D eigenvalue weighted by Gasteiger charge is -2.23. The van der Waals surface area contributed by atoms with Gasteiger partial charge in [-0.05, 0) is 37.0 Å². The van der Waals surface area contributed by atoms with Crippen molar-refractivity contribution in [2.24, 2.45) is 5.92 Å². The molecule has 20 heavy (non-hydrogen) atoms. The first-order chi connectivity index (χ1) is 9.69. The van der Waals surface area contributed by atoms with Crippen molar-refractivity contribution in [3.05, 3.63) is 29.7 Å². The van der Waals surface area contributed by atoms with Crippen molar-refractivity contribution in [2.45, 2.75) is 31.8 Å². The Balaban J connectivity index is 1.54. The molecule has 2 N–H and O–H groups in total. The Morgan fingerprint density at radius 1 is 1.45 bits per heavy atom. The summed E-state index contributed by atoms with van der Waals surface area (Å²) >= 11 is 0. The van der Waals surface area contributed by atoms with Gasteiger partial charge in [0.15, 0.2) is 11.5 Å². The van der Waals surface area contributed by atoms with Crippen LogP contribution in [0.3, 0.4) is 0 Å². The highest BCUT2D eigenvalue weighted by Gasteiger charge is 2.40. The zero-order valence-corrected chi connectivity index (χ0v) is 11.3. The van der Waals surface area contributed by atoms with Crippen molar-refractivity contribution in [3.63, 3.8) is 0 Å². The van der Waals surface area contributed by atoms with Crippen LogP contribution < -0.4 is 10.6 Å². The van der Waals surface area contributed by atoms with Crippen molar-refractivity contribution in [3.8, 4) is 0 Å². The van der Waals surface area contributed by atoms with Crippen LogP contribution in [-0.2, 0) is 0 Å². The fourth-order valence-corrected chi connectivity index (χ4v) is 3.45. The molecule has 1 aromatic carbocycles. The Morgan fingerprint density at radius 2 is 2.35 bits per heavy atom. The van der Waals surface area contributed by atoms with E-state index in [4.69, 9.17) is 4.42 Å². The number of fused-ring (bicyclic) bond motifs is 3. The van der Waals surface area contributed by atoms with Crippen molar-refractivity contribution in [2.75, 3.05) is 6.54 Å². The minimum Gasteiger partial charge on any atom is -0.441 e. The maximum atomic E-state index is 12.3. The van der Waals surface area contributed by atoms with Crippen molar-refractivity contribution in [1.29, 1.82) is 0 Å². The smallest absolute Gasteiger partial charge is 0.251 e. The van der Waals surface area contributed by atoms with E-state index in [0.29, 0.717) is 29.5 Å². The van der Waals surface area contributed by atoms with E-state index in [1.165, 1.54) is 6.42 Å². The lowest BCUT2D eigenvalue weighted by molar-refractivity contribution is 0.0925. The molecule has 2 bridgehead atoms. The third-order valence-corrected chi connectivity index (χ3v) is 4.44. The number of rotatable bonds is 2. The third-order valence-electron chi connectivity index (χ3n) is 4.44. The van der Waals surface area contributed by atoms with Crippen molar-refractivity contribution >= 4 is 17.0 Å². The number of oxazole rings is 1. The van der Waals surface area contributed by atoms with Crippen molar-refractivity contribution < 1.29 is 9.21 Å². The summed E-state index contributed by atoms with van der Waals surface area (Å²) in [6.07, 6.45) is 2.23. The van der Waals surface area contributed by atoms with E-state index in [-0.39, 0.29) is 5.91 Å². The molecule has 5 nitrogen and oxygen atoms in total. The molecule has 1 saturated carbocycles. The molecule has 0 radical (unpaired) electrons. The molecule has 1 amide bonds. The van der Waals surface area contributed by atoms with Gasteiger partial charge in [-0.2, -0.15) is 0 Å². The number of benzene rings is 1. The molecule has 2 aliphatic rings. The van der Waals surface area contributed by atoms with Crippen LogP contribution in [0.2, 0.25) is 0 Å². The van der Waals surface area contributed by atoms with Gasteiger partial charge in [0.25, 0.3) is 5.91 Å². The van der Waals surface area contributed by atoms with E-state index in [2.05, 4.69) is 15.6 Å². The van der Waals surface area contributed by atoms with Gasteiger partial charge in [-0.25, -0.2) is 4.98 Å². The lowest BCUT2D eigenvalue weighted by Crippen LogP contribution is -2.44. The highest BCUT2D eigenvalue weighted by molar-refractivity contribution is 5.97. The van der Waals surface area contributed by atoms with Gasteiger partial charge in [0.1, 0.15) is 5.52 Å². The molecular weight excluding hydrogens is 254 g/mol. The molecular formula is C15H17N3O2. The first kappa shape index (κ1) is 11.9. The Labute approximate surface area is 116 Å². The van der Waals surface area contributed by atoms with Crippen LogP contribution in [0.4, 0.5) is 0 Å². The Bertz CT molecular complexity index is 679. The number of carbonyl (C=O) groups excluding carboxylic acids is 1. The van der Waals surface area contributed by atoms with E-state index < -0.39 is 0 Å². The maximum absolute atomic E-state index is 12.3. The zero-order valence-electron chi connectivity index (χ0n) is 11.3. The van der Waals surface area contributed by atoms with Crippen LogP contribution in [0.5, 0.6) is 0 Å². The number of carbonyl (C=O) groups is 1. The Kier molecular flexibility index (Phi) is 2.57. The second kappa shape index (κ2) is 4.31. The van der Waals surface area contributed by atoms with Gasteiger partial charge in [0.05, 0.1) is 0 Å². The number of hydrogen-bond donors (Lipinski definition) is 2. The molecule has 3 atom stereocenters. The topological polar surface area (TPSA) is 67.2 Å². The van der Waals surface area contributed by atoms with Gasteiger partial charge < -0.3 is 15.1 Å². The molecule has 2 aromatic rings. The molecule has 1 aliphatic heterocycles. The summed E-state index contributed by atoms with van der Waals surface area (Å²) in [5.41, 5.74) is 2.12. The fraction of sp³-hybridized carbons (Fsp3) is 0.467. The molecule has 2 heterocycles. The van der Waals surface area contributed by atoms with E-state index >= 15 is 0 Å². The fourth-order valence-electron chi connectivity index (χ4n) is 3.45. The predicted octanol–water partition coefficient (Wildman–Crippen LogP) is 1.62. The highest BCUT2D eigenvalue weighted by Crippen LogP contribution is 2.31. The average Bonchev–Trinajstić information content (AvgIpc) is 3.10. The van der Waals surface area contributed by atoms with E-state index in [1.807, 2.05) is 13.0 Å². The zero-order chi connectivity index (χ0) is 13.7. The number of aryl methyl sites for hydroxylation is 1. The minimum absolute atomic E-state index is 0.00916. The van der Waals surface area contributed by atoms with Crippen LogP contribution >= 0.6 is 0 Å². The highest BCUT2D eigenvalue weighted by atomic mass is 16.3. The largest absolute Gasteiger partial charge is 0.441 e. The standard InChI is InChI=1S/C15H17N3O2/c1-8-17-13-5-9(2-3-14(13)20-8)15(19)18-12-6-11-4-10(12)7-16-11/h2-3,5,10-12,16H,4,6-7H2,1H3,(H,18,19). The summed E-state index contributed by atoms with van der Waals surface area (Å²) < 4.78 is 5.43. The van der Waals surface area contributed by atoms with Gasteiger partial charge in [0.2, 0.25) is 0 Å². The van der Waals surface area contributed by atoms with Gasteiger partial charge in [0, 0.05) is 31.1 Å². The molecule has 104 valence electrons. The van der Waals surface area contributed by atoms with Crippen molar-refractivity contribution in [1.82, 2.24) is 15.6 Å². The van der Waals surface area contributed by atoms with Crippen LogP contribution in [0, 0.1) is 12.8 Å². The summed E-state index contributed by atoms with van der Waals surface area (Å²) in [5, 5.41) is 6.61. The van der Waals surface area contributed by atoms with E-state index in [9.17, 15) is 4.79 Å². The average molecular weight is 271 g/mol. The molecule has 1 aromatic heterocycles. The molecule has 0 spiro atoms. The SMILES string of the molecule is Cc1nc2cc(C(=O)NC3CC4CC3CN4)ccc2o1. The van der Waals surface area contributed by atoms with Crippen LogP contribution in [0.15, 0.2) is 22.6 Å². The first-order valence-electron chi connectivity index (χ1n) is 7.10. The summed E-state index contributed by atoms with van der Waals surface area (Å²) in [7, 11) is 0. The van der Waals surface area contributed by atoms with E-state index in [1.54, 1.807) is 12.1 Å². The summed E-state index contributed by atoms with van der Waals surface area (Å²) in [6, 6.07) is 6.31. The van der Waals surface area contributed by atoms with Gasteiger partial charge in [-0.1, -0.05) is 0 Å². The number of amides is 1. The summed E-state index contributed by atoms with van der Waals surface area (Å²) in [5.74, 6) is 1.20. The maximum Gasteiger partial charge on any atom is 0.251 e. The summed E-state index contributed by atoms with van der Waals surface area (Å²) in [6.45, 7) is 2.83. The molecule has 1 aliphatic carbocycles. The van der Waals surface area contributed by atoms with Gasteiger partial charge >= 0.3 is 0 Å². The summed E-state index contributed by atoms with van der Waals surface area (Å²) in [4.78, 5) is 16.6. The van der Waals surface area contributed by atoms with Crippen LogP contribution in [-0.4, -0.2) is 29.5 Å². The van der Waals surface area contributed by atoms with Gasteiger partial charge in [-0.3, -0.25) is 4.79 Å². The number of aromatic nitrogens is 1. The second-order valence-corrected chi connectivity index (χ2v) is 5.83. The second-order valence-electron chi connectivity index (χ2n) is 5.83. The molecule has 2 fully saturated rings. The normalized spacial score (nSPS) is 28.1. The molecule has 3 unspecified atom stereocenters. The lowest BCUT2D eigenvalue weighted by atomic mass is 10.0. The predicted molar refractivity (Wildman–Crippen MR) is 74.5 cm³/mol. The number of hydrogen-bond acceptors (Lipinski definition) is 4.